The van der Waals surface area contributed by atoms with Crippen molar-refractivity contribution in [3.05, 3.63) is 50.7 Å². The van der Waals surface area contributed by atoms with Gasteiger partial charge in [-0.1, -0.05) is 30.7 Å². The highest BCUT2D eigenvalue weighted by molar-refractivity contribution is 5.95. The summed E-state index contributed by atoms with van der Waals surface area (Å²) in [6.45, 7) is 0.206. The van der Waals surface area contributed by atoms with E-state index < -0.39 is 11.2 Å². The lowest BCUT2D eigenvalue weighted by Gasteiger charge is -2.21. The van der Waals surface area contributed by atoms with E-state index in [-0.39, 0.29) is 36.4 Å². The molecule has 2 heterocycles. The van der Waals surface area contributed by atoms with Crippen molar-refractivity contribution in [3.63, 3.8) is 0 Å². The van der Waals surface area contributed by atoms with Crippen LogP contribution >= 0.6 is 0 Å². The number of hydrogen-bond donors (Lipinski definition) is 2. The summed E-state index contributed by atoms with van der Waals surface area (Å²) in [5.41, 5.74) is 6.62. The molecule has 0 unspecified atom stereocenters. The highest BCUT2D eigenvalue weighted by Crippen LogP contribution is 2.22. The smallest absolute Gasteiger partial charge is 0.332 e. The predicted molar refractivity (Wildman–Crippen MR) is 133 cm³/mol. The summed E-state index contributed by atoms with van der Waals surface area (Å²) in [5, 5.41) is 7.54. The summed E-state index contributed by atoms with van der Waals surface area (Å²) in [6, 6.07) is 6.99. The maximum Gasteiger partial charge on any atom is 0.332 e. The van der Waals surface area contributed by atoms with Crippen molar-refractivity contribution in [1.29, 1.82) is 5.41 Å². The highest BCUT2D eigenvalue weighted by Gasteiger charge is 2.20. The maximum atomic E-state index is 13.2. The number of nitrogen functional groups attached to an aromatic ring is 1. The fraction of sp³-hybridized carbons (Fsp3) is 0.480. The molecule has 1 aromatic carbocycles. The van der Waals surface area contributed by atoms with Crippen LogP contribution in [0.2, 0.25) is 0 Å². The van der Waals surface area contributed by atoms with Crippen LogP contribution in [-0.2, 0) is 30.2 Å². The zero-order chi connectivity index (χ0) is 25.1. The molecule has 3 N–H and O–H groups in total. The molecular formula is C25H32N6O4. The van der Waals surface area contributed by atoms with E-state index in [1.807, 2.05) is 0 Å². The number of nitrogens with two attached hydrogens (primary N) is 1. The minimum absolute atomic E-state index is 0.0329. The number of aromatic nitrogens is 4. The van der Waals surface area contributed by atoms with Crippen LogP contribution in [0.4, 0.5) is 0 Å². The first-order valence-corrected chi connectivity index (χ1v) is 12.1. The minimum atomic E-state index is -0.449. The molecule has 0 radical (unpaired) electrons. The van der Waals surface area contributed by atoms with Gasteiger partial charge < -0.3 is 15.0 Å². The number of ether oxygens (including phenoxy) is 1. The van der Waals surface area contributed by atoms with Crippen LogP contribution in [0.5, 0.6) is 0 Å². The number of carbonyl (C=O) groups excluding carboxylic acids is 1. The summed E-state index contributed by atoms with van der Waals surface area (Å²) in [4.78, 5) is 42.8. The van der Waals surface area contributed by atoms with Gasteiger partial charge in [-0.25, -0.2) is 9.78 Å². The molecule has 0 aliphatic heterocycles. The number of unbranched alkanes of at least 4 members (excludes halogenated alkanes) is 1. The first kappa shape index (κ1) is 24.4. The monoisotopic (exact) mass is 480 g/mol. The van der Waals surface area contributed by atoms with Crippen LogP contribution in [0.15, 0.2) is 33.9 Å². The summed E-state index contributed by atoms with van der Waals surface area (Å²) >= 11 is 0. The van der Waals surface area contributed by atoms with Gasteiger partial charge in [0.2, 0.25) is 0 Å². The van der Waals surface area contributed by atoms with Gasteiger partial charge in [-0.3, -0.25) is 24.1 Å². The molecule has 0 spiro atoms. The Bertz CT molecular complexity index is 1360. The topological polar surface area (TPSA) is 138 Å². The number of imidazole rings is 1. The Morgan fingerprint density at radius 1 is 1.09 bits per heavy atom. The molecule has 1 saturated carbocycles. The Balaban J connectivity index is 1.50. The van der Waals surface area contributed by atoms with Crippen LogP contribution < -0.4 is 17.0 Å². The molecule has 1 aliphatic rings. The number of benzene rings is 1. The number of hydrogen-bond acceptors (Lipinski definition) is 6. The molecule has 1 fully saturated rings. The van der Waals surface area contributed by atoms with E-state index in [1.165, 1.54) is 15.6 Å². The second-order valence-electron chi connectivity index (χ2n) is 9.16. The molecule has 0 bridgehead atoms. The summed E-state index contributed by atoms with van der Waals surface area (Å²) in [5.74, 6) is 0.289. The first-order chi connectivity index (χ1) is 16.8. The fourth-order valence-electron chi connectivity index (χ4n) is 4.73. The van der Waals surface area contributed by atoms with E-state index in [9.17, 15) is 14.4 Å². The highest BCUT2D eigenvalue weighted by atomic mass is 16.5. The third-order valence-corrected chi connectivity index (χ3v) is 6.67. The van der Waals surface area contributed by atoms with Gasteiger partial charge in [-0.2, -0.15) is 0 Å². The molecule has 10 heteroatoms. The fourth-order valence-corrected chi connectivity index (χ4v) is 4.73. The Labute approximate surface area is 202 Å². The zero-order valence-corrected chi connectivity index (χ0v) is 20.2. The van der Waals surface area contributed by atoms with E-state index in [4.69, 9.17) is 15.9 Å². The molecule has 0 saturated heterocycles. The van der Waals surface area contributed by atoms with Gasteiger partial charge in [0.1, 0.15) is 23.4 Å². The maximum absolute atomic E-state index is 13.2. The van der Waals surface area contributed by atoms with E-state index in [1.54, 1.807) is 42.9 Å². The number of aryl methyl sites for hydroxylation is 2. The lowest BCUT2D eigenvalue weighted by Crippen LogP contribution is -2.39. The van der Waals surface area contributed by atoms with Crippen LogP contribution in [-0.4, -0.2) is 36.6 Å². The van der Waals surface area contributed by atoms with Crippen molar-refractivity contribution in [2.24, 2.45) is 19.8 Å². The van der Waals surface area contributed by atoms with E-state index in [0.29, 0.717) is 29.9 Å². The van der Waals surface area contributed by atoms with Crippen LogP contribution in [0.25, 0.3) is 22.6 Å². The lowest BCUT2D eigenvalue weighted by molar-refractivity contribution is -0.150. The van der Waals surface area contributed by atoms with Crippen molar-refractivity contribution >= 4 is 23.0 Å². The molecule has 10 nitrogen and oxygen atoms in total. The third-order valence-electron chi connectivity index (χ3n) is 6.67. The van der Waals surface area contributed by atoms with E-state index >= 15 is 0 Å². The summed E-state index contributed by atoms with van der Waals surface area (Å²) in [6.07, 6.45) is 6.63. The normalized spacial score (nSPS) is 14.3. The Morgan fingerprint density at radius 3 is 2.43 bits per heavy atom. The molecule has 1 aliphatic carbocycles. The van der Waals surface area contributed by atoms with Crippen molar-refractivity contribution in [3.8, 4) is 11.4 Å². The molecule has 0 amide bonds. The van der Waals surface area contributed by atoms with E-state index in [0.717, 1.165) is 31.2 Å². The van der Waals surface area contributed by atoms with Gasteiger partial charge in [0.15, 0.2) is 5.52 Å². The van der Waals surface area contributed by atoms with Gasteiger partial charge in [0, 0.05) is 38.2 Å². The third kappa shape index (κ3) is 5.06. The largest absolute Gasteiger partial charge is 0.462 e. The second-order valence-corrected chi connectivity index (χ2v) is 9.16. The molecule has 4 rings (SSSR count). The van der Waals surface area contributed by atoms with Gasteiger partial charge in [0.25, 0.3) is 5.56 Å². The Morgan fingerprint density at radius 2 is 1.77 bits per heavy atom. The second kappa shape index (κ2) is 10.3. The van der Waals surface area contributed by atoms with Crippen molar-refractivity contribution in [2.75, 3.05) is 0 Å². The van der Waals surface area contributed by atoms with Crippen molar-refractivity contribution in [1.82, 2.24) is 18.7 Å². The van der Waals surface area contributed by atoms with Gasteiger partial charge >= 0.3 is 11.7 Å². The number of esters is 1. The van der Waals surface area contributed by atoms with Gasteiger partial charge in [-0.15, -0.1) is 0 Å². The number of amidine groups is 1. The molecular weight excluding hydrogens is 448 g/mol. The molecule has 186 valence electrons. The number of nitrogens with one attached hydrogen (secondary N) is 1. The standard InChI is InChI=1S/C25H32N6O4/c1-29-22(17-13-11-16(12-14-17)21(26)27)28-20-23(29)30(2)25(34)31(24(20)33)15-7-6-10-19(32)35-18-8-4-3-5-9-18/h11-14,18H,3-10,15H2,1-2H3,(H3,26,27). The van der Waals surface area contributed by atoms with Crippen LogP contribution in [0, 0.1) is 5.41 Å². The summed E-state index contributed by atoms with van der Waals surface area (Å²) in [7, 11) is 3.37. The van der Waals surface area contributed by atoms with Crippen molar-refractivity contribution in [2.45, 2.75) is 64.0 Å². The number of fused-ring (bicyclic) bond motifs is 1. The first-order valence-electron chi connectivity index (χ1n) is 12.1. The number of rotatable bonds is 8. The SMILES string of the molecule is Cn1c(-c2ccc(C(=N)N)cc2)nc2c(=O)n(CCCCC(=O)OC3CCCCC3)c(=O)n(C)c21. The van der Waals surface area contributed by atoms with Crippen LogP contribution in [0.1, 0.15) is 56.9 Å². The number of nitrogens with zero attached hydrogens (tertiary/aromatic N) is 4. The van der Waals surface area contributed by atoms with Crippen LogP contribution in [0.3, 0.4) is 0 Å². The average Bonchev–Trinajstić information content (AvgIpc) is 3.20. The molecule has 2 aromatic heterocycles. The molecule has 3 aromatic rings. The minimum Gasteiger partial charge on any atom is -0.462 e. The van der Waals surface area contributed by atoms with Crippen molar-refractivity contribution < 1.29 is 9.53 Å². The zero-order valence-electron chi connectivity index (χ0n) is 20.2. The van der Waals surface area contributed by atoms with Gasteiger partial charge in [0.05, 0.1) is 0 Å². The predicted octanol–water partition coefficient (Wildman–Crippen LogP) is 2.43. The Hall–Kier alpha value is -3.69. The quantitative estimate of drug-likeness (QED) is 0.220. The average molecular weight is 481 g/mol. The van der Waals surface area contributed by atoms with E-state index in [2.05, 4.69) is 4.98 Å². The van der Waals surface area contributed by atoms with Gasteiger partial charge in [-0.05, 0) is 38.5 Å². The number of carbonyl (C=O) groups is 1. The lowest BCUT2D eigenvalue weighted by atomic mass is 9.98. The summed E-state index contributed by atoms with van der Waals surface area (Å²) < 4.78 is 9.87. The molecule has 35 heavy (non-hydrogen) atoms. The Kier molecular flexibility index (Phi) is 7.18. The molecule has 0 atom stereocenters.